The maximum Gasteiger partial charge on any atom is 0.227 e. The molecule has 2 heterocycles. The molecule has 0 bridgehead atoms. The number of hydrogen-bond acceptors (Lipinski definition) is 8. The molecular formula is C27H32N6O2. The average Bonchev–Trinajstić information content (AvgIpc) is 2.88. The third-order valence-electron chi connectivity index (χ3n) is 5.74. The van der Waals surface area contributed by atoms with Gasteiger partial charge in [0.05, 0.1) is 24.5 Å². The van der Waals surface area contributed by atoms with E-state index < -0.39 is 0 Å². The number of rotatable bonds is 10. The first-order valence-electron chi connectivity index (χ1n) is 12.0. The van der Waals surface area contributed by atoms with E-state index in [1.807, 2.05) is 48.5 Å². The molecule has 2 aromatic carbocycles. The minimum Gasteiger partial charge on any atom is -0.489 e. The first-order chi connectivity index (χ1) is 17.1. The van der Waals surface area contributed by atoms with E-state index in [2.05, 4.69) is 45.7 Å². The summed E-state index contributed by atoms with van der Waals surface area (Å²) in [4.78, 5) is 11.2. The van der Waals surface area contributed by atoms with Gasteiger partial charge in [-0.1, -0.05) is 6.07 Å². The van der Waals surface area contributed by atoms with E-state index in [4.69, 9.17) is 9.47 Å². The maximum absolute atomic E-state index is 9.69. The van der Waals surface area contributed by atoms with E-state index in [0.717, 1.165) is 55.0 Å². The molecule has 0 unspecified atom stereocenters. The normalized spacial score (nSPS) is 13.9. The number of nitrogens with zero attached hydrogens (tertiary/aromatic N) is 4. The van der Waals surface area contributed by atoms with Crippen LogP contribution in [0.1, 0.15) is 24.8 Å². The lowest BCUT2D eigenvalue weighted by atomic mass is 10.1. The fraction of sp³-hybridized carbons (Fsp3) is 0.370. The molecule has 8 nitrogen and oxygen atoms in total. The average molecular weight is 473 g/mol. The molecule has 182 valence electrons. The highest BCUT2D eigenvalue weighted by Gasteiger charge is 2.17. The fourth-order valence-electron chi connectivity index (χ4n) is 3.90. The molecular weight excluding hydrogens is 440 g/mol. The van der Waals surface area contributed by atoms with Gasteiger partial charge in [0.2, 0.25) is 5.95 Å². The van der Waals surface area contributed by atoms with Gasteiger partial charge in [-0.3, -0.25) is 0 Å². The monoisotopic (exact) mass is 472 g/mol. The Morgan fingerprint density at radius 2 is 1.94 bits per heavy atom. The second-order valence-electron chi connectivity index (χ2n) is 8.81. The molecule has 35 heavy (non-hydrogen) atoms. The van der Waals surface area contributed by atoms with Gasteiger partial charge in [0.15, 0.2) is 0 Å². The zero-order valence-electron chi connectivity index (χ0n) is 20.3. The third-order valence-corrected chi connectivity index (χ3v) is 5.74. The molecule has 1 aliphatic heterocycles. The molecule has 1 aromatic heterocycles. The molecule has 2 N–H and O–H groups in total. The Labute approximate surface area is 206 Å². The summed E-state index contributed by atoms with van der Waals surface area (Å²) in [7, 11) is 4.16. The van der Waals surface area contributed by atoms with Crippen LogP contribution in [0.3, 0.4) is 0 Å². The van der Waals surface area contributed by atoms with E-state index in [-0.39, 0.29) is 6.10 Å². The largest absolute Gasteiger partial charge is 0.489 e. The van der Waals surface area contributed by atoms with E-state index >= 15 is 0 Å². The first-order valence-corrected chi connectivity index (χ1v) is 12.0. The van der Waals surface area contributed by atoms with Crippen molar-refractivity contribution in [2.75, 3.05) is 51.0 Å². The Balaban J connectivity index is 1.43. The summed E-state index contributed by atoms with van der Waals surface area (Å²) >= 11 is 0. The quantitative estimate of drug-likeness (QED) is 0.411. The Morgan fingerprint density at radius 1 is 1.11 bits per heavy atom. The number of benzene rings is 2. The number of nitriles is 1. The van der Waals surface area contributed by atoms with Gasteiger partial charge in [0.25, 0.3) is 0 Å². The van der Waals surface area contributed by atoms with Crippen molar-refractivity contribution >= 4 is 17.3 Å². The van der Waals surface area contributed by atoms with Crippen LogP contribution in [-0.4, -0.2) is 61.4 Å². The second kappa shape index (κ2) is 12.2. The third kappa shape index (κ3) is 7.15. The van der Waals surface area contributed by atoms with Gasteiger partial charge in [-0.25, -0.2) is 9.97 Å². The van der Waals surface area contributed by atoms with Crippen LogP contribution in [0.2, 0.25) is 0 Å². The van der Waals surface area contributed by atoms with Gasteiger partial charge in [-0.15, -0.1) is 0 Å². The van der Waals surface area contributed by atoms with Crippen LogP contribution in [0.25, 0.3) is 11.3 Å². The Hall–Kier alpha value is -3.67. The predicted octanol–water partition coefficient (Wildman–Crippen LogP) is 4.68. The molecule has 1 saturated heterocycles. The SMILES string of the molecule is CN(C)CCCNc1cccc(Nc2nccc(-c3ccc(OC4CCOCC4)c(C#N)c3)n2)c1. The lowest BCUT2D eigenvalue weighted by molar-refractivity contribution is 0.0254. The fourth-order valence-corrected chi connectivity index (χ4v) is 3.90. The zero-order chi connectivity index (χ0) is 24.5. The molecule has 0 amide bonds. The molecule has 1 fully saturated rings. The summed E-state index contributed by atoms with van der Waals surface area (Å²) in [6, 6.07) is 17.8. The first kappa shape index (κ1) is 24.5. The molecule has 0 aliphatic carbocycles. The van der Waals surface area contributed by atoms with Gasteiger partial charge in [-0.05, 0) is 69.5 Å². The summed E-state index contributed by atoms with van der Waals surface area (Å²) in [6.45, 7) is 3.33. The Bertz CT molecular complexity index is 1150. The lowest BCUT2D eigenvalue weighted by Gasteiger charge is -2.23. The minimum absolute atomic E-state index is 0.0785. The van der Waals surface area contributed by atoms with E-state index in [0.29, 0.717) is 30.5 Å². The molecule has 4 rings (SSSR count). The Morgan fingerprint density at radius 3 is 2.74 bits per heavy atom. The van der Waals surface area contributed by atoms with Crippen LogP contribution in [0.5, 0.6) is 5.75 Å². The lowest BCUT2D eigenvalue weighted by Crippen LogP contribution is -2.26. The minimum atomic E-state index is 0.0785. The highest BCUT2D eigenvalue weighted by atomic mass is 16.5. The van der Waals surface area contributed by atoms with Crippen molar-refractivity contribution < 1.29 is 9.47 Å². The van der Waals surface area contributed by atoms with Crippen molar-refractivity contribution in [1.29, 1.82) is 5.26 Å². The van der Waals surface area contributed by atoms with Crippen LogP contribution in [0.4, 0.5) is 17.3 Å². The molecule has 0 saturated carbocycles. The second-order valence-corrected chi connectivity index (χ2v) is 8.81. The summed E-state index contributed by atoms with van der Waals surface area (Å²) < 4.78 is 11.5. The zero-order valence-corrected chi connectivity index (χ0v) is 20.3. The Kier molecular flexibility index (Phi) is 8.49. The van der Waals surface area contributed by atoms with Crippen molar-refractivity contribution in [2.45, 2.75) is 25.4 Å². The number of anilines is 3. The van der Waals surface area contributed by atoms with Crippen LogP contribution in [0, 0.1) is 11.3 Å². The molecule has 0 spiro atoms. The standard InChI is InChI=1S/C27H32N6O2/c1-33(2)14-4-12-29-22-5-3-6-23(18-22)31-27-30-13-9-25(32-27)20-7-8-26(21(17-20)19-28)35-24-10-15-34-16-11-24/h3,5-9,13,17-18,24,29H,4,10-12,14-16H2,1-2H3,(H,30,31,32). The number of aromatic nitrogens is 2. The molecule has 1 aliphatic rings. The van der Waals surface area contributed by atoms with Crippen molar-refractivity contribution in [3.63, 3.8) is 0 Å². The van der Waals surface area contributed by atoms with Gasteiger partial charge in [0.1, 0.15) is 17.9 Å². The van der Waals surface area contributed by atoms with Crippen molar-refractivity contribution in [3.05, 3.63) is 60.3 Å². The van der Waals surface area contributed by atoms with Gasteiger partial charge in [-0.2, -0.15) is 5.26 Å². The number of ether oxygens (including phenoxy) is 2. The van der Waals surface area contributed by atoms with Crippen LogP contribution < -0.4 is 15.4 Å². The predicted molar refractivity (Wildman–Crippen MR) is 138 cm³/mol. The molecule has 8 heteroatoms. The molecule has 3 aromatic rings. The van der Waals surface area contributed by atoms with Gasteiger partial charge in [0, 0.05) is 42.5 Å². The summed E-state index contributed by atoms with van der Waals surface area (Å²) in [5.74, 6) is 1.10. The molecule has 0 atom stereocenters. The van der Waals surface area contributed by atoms with E-state index in [9.17, 15) is 5.26 Å². The summed E-state index contributed by atoms with van der Waals surface area (Å²) in [5.41, 5.74) is 4.01. The van der Waals surface area contributed by atoms with Crippen molar-refractivity contribution in [3.8, 4) is 23.1 Å². The number of hydrogen-bond donors (Lipinski definition) is 2. The summed E-state index contributed by atoms with van der Waals surface area (Å²) in [5, 5.41) is 16.4. The topological polar surface area (TPSA) is 95.3 Å². The van der Waals surface area contributed by atoms with Gasteiger partial charge >= 0.3 is 0 Å². The van der Waals surface area contributed by atoms with E-state index in [1.165, 1.54) is 0 Å². The van der Waals surface area contributed by atoms with Crippen LogP contribution >= 0.6 is 0 Å². The van der Waals surface area contributed by atoms with Crippen molar-refractivity contribution in [1.82, 2.24) is 14.9 Å². The van der Waals surface area contributed by atoms with Gasteiger partial charge < -0.3 is 25.0 Å². The van der Waals surface area contributed by atoms with Crippen molar-refractivity contribution in [2.24, 2.45) is 0 Å². The molecule has 0 radical (unpaired) electrons. The summed E-state index contributed by atoms with van der Waals surface area (Å²) in [6.07, 6.45) is 4.53. The number of nitrogens with one attached hydrogen (secondary N) is 2. The van der Waals surface area contributed by atoms with E-state index in [1.54, 1.807) is 6.20 Å². The van der Waals surface area contributed by atoms with Crippen LogP contribution in [0.15, 0.2) is 54.7 Å². The smallest absolute Gasteiger partial charge is 0.227 e. The maximum atomic E-state index is 9.69. The highest BCUT2D eigenvalue weighted by molar-refractivity contribution is 5.66. The van der Waals surface area contributed by atoms with Crippen LogP contribution in [-0.2, 0) is 4.74 Å². The highest BCUT2D eigenvalue weighted by Crippen LogP contribution is 2.28.